The summed E-state index contributed by atoms with van der Waals surface area (Å²) in [5.41, 5.74) is 8.22. The number of methoxy groups -OCH3 is 1. The quantitative estimate of drug-likeness (QED) is 0.432. The van der Waals surface area contributed by atoms with E-state index in [-0.39, 0.29) is 21.6 Å². The Morgan fingerprint density at radius 1 is 1.69 bits per heavy atom. The van der Waals surface area contributed by atoms with Gasteiger partial charge in [0, 0.05) is 0 Å². The lowest BCUT2D eigenvalue weighted by molar-refractivity contribution is 0.373. The molecule has 4 N–H and O–H groups in total. The first-order valence-corrected chi connectivity index (χ1v) is 4.98. The molecule has 5 nitrogen and oxygen atoms in total. The van der Waals surface area contributed by atoms with Crippen molar-refractivity contribution in [3.05, 3.63) is 22.7 Å². The smallest absolute Gasteiger partial charge is 0.184 e. The molecule has 0 spiro atoms. The first kappa shape index (κ1) is 12.5. The summed E-state index contributed by atoms with van der Waals surface area (Å²) < 4.78 is 4.93. The van der Waals surface area contributed by atoms with Crippen LogP contribution in [-0.2, 0) is 0 Å². The number of benzene rings is 1. The summed E-state index contributed by atoms with van der Waals surface area (Å²) in [7, 11) is 1.43. The third-order valence-electron chi connectivity index (χ3n) is 1.66. The highest BCUT2D eigenvalue weighted by molar-refractivity contribution is 7.80. The zero-order valence-corrected chi connectivity index (χ0v) is 9.97. The topological polar surface area (TPSA) is 79.9 Å². The van der Waals surface area contributed by atoms with Crippen molar-refractivity contribution in [3.63, 3.8) is 0 Å². The summed E-state index contributed by atoms with van der Waals surface area (Å²) in [6.07, 6.45) is 1.45. The van der Waals surface area contributed by atoms with E-state index in [2.05, 4.69) is 22.7 Å². The molecule has 1 aromatic carbocycles. The van der Waals surface area contributed by atoms with Gasteiger partial charge in [0.25, 0.3) is 0 Å². The minimum atomic E-state index is -0.108. The molecule has 0 bridgehead atoms. The van der Waals surface area contributed by atoms with Crippen LogP contribution in [0.1, 0.15) is 5.56 Å². The molecule has 16 heavy (non-hydrogen) atoms. The van der Waals surface area contributed by atoms with Gasteiger partial charge < -0.3 is 15.6 Å². The van der Waals surface area contributed by atoms with Crippen LogP contribution >= 0.6 is 23.8 Å². The van der Waals surface area contributed by atoms with E-state index in [0.717, 1.165) is 0 Å². The molecule has 0 fully saturated rings. The number of hydrazone groups is 1. The van der Waals surface area contributed by atoms with Crippen LogP contribution in [0, 0.1) is 0 Å². The first-order valence-electron chi connectivity index (χ1n) is 4.19. The largest absolute Gasteiger partial charge is 0.503 e. The van der Waals surface area contributed by atoms with Gasteiger partial charge in [-0.15, -0.1) is 0 Å². The monoisotopic (exact) mass is 259 g/mol. The molecule has 0 saturated heterocycles. The Kier molecular flexibility index (Phi) is 4.33. The van der Waals surface area contributed by atoms with E-state index in [1.165, 1.54) is 19.4 Å². The van der Waals surface area contributed by atoms with Crippen LogP contribution in [0.25, 0.3) is 0 Å². The van der Waals surface area contributed by atoms with E-state index in [1.807, 2.05) is 0 Å². The number of nitrogens with two attached hydrogens (primary N) is 1. The van der Waals surface area contributed by atoms with Crippen molar-refractivity contribution < 1.29 is 9.84 Å². The number of nitrogens with zero attached hydrogens (tertiary/aromatic N) is 1. The maximum absolute atomic E-state index is 9.48. The fraction of sp³-hybridized carbons (Fsp3) is 0.111. The van der Waals surface area contributed by atoms with Gasteiger partial charge >= 0.3 is 0 Å². The molecule has 0 aromatic heterocycles. The number of hydrogen-bond donors (Lipinski definition) is 3. The van der Waals surface area contributed by atoms with Crippen LogP contribution in [-0.4, -0.2) is 23.5 Å². The number of nitrogens with one attached hydrogen (secondary N) is 1. The normalized spacial score (nSPS) is 10.4. The Balaban J connectivity index is 2.93. The summed E-state index contributed by atoms with van der Waals surface area (Å²) >= 11 is 10.3. The molecule has 0 saturated carbocycles. The lowest BCUT2D eigenvalue weighted by Crippen LogP contribution is -2.23. The number of rotatable bonds is 3. The summed E-state index contributed by atoms with van der Waals surface area (Å²) in [6, 6.07) is 3.11. The summed E-state index contributed by atoms with van der Waals surface area (Å²) in [5.74, 6) is 0.160. The minimum Gasteiger partial charge on any atom is -0.503 e. The number of aromatic hydroxyl groups is 1. The zero-order valence-electron chi connectivity index (χ0n) is 8.40. The van der Waals surface area contributed by atoms with Crippen LogP contribution < -0.4 is 15.9 Å². The highest BCUT2D eigenvalue weighted by Gasteiger charge is 2.07. The molecule has 0 aliphatic rings. The van der Waals surface area contributed by atoms with Crippen LogP contribution in [0.2, 0.25) is 5.02 Å². The summed E-state index contributed by atoms with van der Waals surface area (Å²) in [6.45, 7) is 0. The molecule has 7 heteroatoms. The maximum Gasteiger partial charge on any atom is 0.184 e. The Morgan fingerprint density at radius 2 is 2.38 bits per heavy atom. The van der Waals surface area contributed by atoms with E-state index in [4.69, 9.17) is 22.1 Å². The Labute approximate surface area is 103 Å². The van der Waals surface area contributed by atoms with Gasteiger partial charge in [-0.2, -0.15) is 5.10 Å². The van der Waals surface area contributed by atoms with Gasteiger partial charge in [-0.3, -0.25) is 5.43 Å². The third-order valence-corrected chi connectivity index (χ3v) is 2.04. The fourth-order valence-electron chi connectivity index (χ4n) is 0.994. The second kappa shape index (κ2) is 5.53. The summed E-state index contributed by atoms with van der Waals surface area (Å²) in [5, 5.41) is 13.5. The number of hydrogen-bond acceptors (Lipinski definition) is 4. The van der Waals surface area contributed by atoms with E-state index >= 15 is 0 Å². The molecule has 0 amide bonds. The Bertz CT molecular complexity index is 437. The molecule has 1 aromatic rings. The molecular formula is C9H10ClN3O2S. The lowest BCUT2D eigenvalue weighted by Gasteiger charge is -2.05. The highest BCUT2D eigenvalue weighted by atomic mass is 35.5. The lowest BCUT2D eigenvalue weighted by atomic mass is 10.2. The SMILES string of the molecule is COc1cc(C=NNC(N)=S)cc(Cl)c1O. The fourth-order valence-corrected chi connectivity index (χ4v) is 1.27. The number of ether oxygens (including phenoxy) is 1. The van der Waals surface area contributed by atoms with Crippen LogP contribution in [0.4, 0.5) is 0 Å². The van der Waals surface area contributed by atoms with Crippen molar-refractivity contribution in [3.8, 4) is 11.5 Å². The highest BCUT2D eigenvalue weighted by Crippen LogP contribution is 2.34. The van der Waals surface area contributed by atoms with Crippen molar-refractivity contribution in [1.82, 2.24) is 5.43 Å². The Morgan fingerprint density at radius 3 is 2.94 bits per heavy atom. The second-order valence-corrected chi connectivity index (χ2v) is 3.63. The standard InChI is InChI=1S/C9H10ClN3O2S/c1-15-7-3-5(2-6(10)8(7)14)4-12-13-9(11)16/h2-4,14H,1H3,(H3,11,13,16). The van der Waals surface area contributed by atoms with Gasteiger partial charge in [-0.05, 0) is 29.9 Å². The molecule has 0 heterocycles. The van der Waals surface area contributed by atoms with E-state index in [1.54, 1.807) is 6.07 Å². The third kappa shape index (κ3) is 3.25. The molecule has 1 rings (SSSR count). The molecule has 86 valence electrons. The van der Waals surface area contributed by atoms with E-state index in [0.29, 0.717) is 5.56 Å². The molecule has 0 aliphatic heterocycles. The number of halogens is 1. The van der Waals surface area contributed by atoms with Crippen molar-refractivity contribution in [1.29, 1.82) is 0 Å². The average molecular weight is 260 g/mol. The molecule has 0 radical (unpaired) electrons. The van der Waals surface area contributed by atoms with Gasteiger partial charge in [-0.25, -0.2) is 0 Å². The van der Waals surface area contributed by atoms with Crippen molar-refractivity contribution in [2.45, 2.75) is 0 Å². The van der Waals surface area contributed by atoms with Gasteiger partial charge in [0.2, 0.25) is 0 Å². The summed E-state index contributed by atoms with van der Waals surface area (Å²) in [4.78, 5) is 0. The maximum atomic E-state index is 9.48. The minimum absolute atomic E-state index is 0.0630. The number of phenols is 1. The molecular weight excluding hydrogens is 250 g/mol. The van der Waals surface area contributed by atoms with E-state index < -0.39 is 0 Å². The Hall–Kier alpha value is -1.53. The van der Waals surface area contributed by atoms with Crippen molar-refractivity contribution >= 4 is 35.1 Å². The predicted octanol–water partition coefficient (Wildman–Crippen LogP) is 1.22. The van der Waals surface area contributed by atoms with Gasteiger partial charge in [0.1, 0.15) is 0 Å². The van der Waals surface area contributed by atoms with Crippen LogP contribution in [0.5, 0.6) is 11.5 Å². The van der Waals surface area contributed by atoms with Crippen LogP contribution in [0.15, 0.2) is 17.2 Å². The van der Waals surface area contributed by atoms with Gasteiger partial charge in [0.15, 0.2) is 16.6 Å². The van der Waals surface area contributed by atoms with Gasteiger partial charge in [-0.1, -0.05) is 11.6 Å². The molecule has 0 atom stereocenters. The van der Waals surface area contributed by atoms with Crippen LogP contribution in [0.3, 0.4) is 0 Å². The second-order valence-electron chi connectivity index (χ2n) is 2.79. The van der Waals surface area contributed by atoms with Crippen molar-refractivity contribution in [2.24, 2.45) is 10.8 Å². The first-order chi connectivity index (χ1) is 7.54. The zero-order chi connectivity index (χ0) is 12.1. The van der Waals surface area contributed by atoms with Crippen molar-refractivity contribution in [2.75, 3.05) is 7.11 Å². The molecule has 0 unspecified atom stereocenters. The molecule has 0 aliphatic carbocycles. The van der Waals surface area contributed by atoms with Gasteiger partial charge in [0.05, 0.1) is 18.3 Å². The number of phenolic OH excluding ortho intramolecular Hbond substituents is 1. The average Bonchev–Trinajstić information content (AvgIpc) is 2.22. The van der Waals surface area contributed by atoms with E-state index in [9.17, 15) is 5.11 Å². The predicted molar refractivity (Wildman–Crippen MR) is 67.2 cm³/mol. The number of thiocarbonyl (C=S) groups is 1.